The molecule has 3 heterocycles. The minimum Gasteiger partial charge on any atom is -0.360 e. The van der Waals surface area contributed by atoms with E-state index in [1.165, 1.54) is 12.1 Å². The quantitative estimate of drug-likeness (QED) is 0.888. The van der Waals surface area contributed by atoms with Gasteiger partial charge in [0.1, 0.15) is 11.9 Å². The van der Waals surface area contributed by atoms with Crippen molar-refractivity contribution >= 4 is 28.3 Å². The molecule has 2 amide bonds. The predicted molar refractivity (Wildman–Crippen MR) is 88.6 cm³/mol. The van der Waals surface area contributed by atoms with Gasteiger partial charge >= 0.3 is 0 Å². The molecule has 1 aromatic carbocycles. The Bertz CT molecular complexity index is 855. The summed E-state index contributed by atoms with van der Waals surface area (Å²) in [6.45, 7) is 1.17. The third-order valence-electron chi connectivity index (χ3n) is 4.80. The maximum atomic E-state index is 13.3. The summed E-state index contributed by atoms with van der Waals surface area (Å²) in [6.07, 6.45) is 5.70. The smallest absolute Gasteiger partial charge is 0.245 e. The first kappa shape index (κ1) is 14.9. The number of fused-ring (bicyclic) bond motifs is 1. The minimum absolute atomic E-state index is 0.00264. The van der Waals surface area contributed by atoms with Crippen LogP contribution in [0.3, 0.4) is 0 Å². The Kier molecular flexibility index (Phi) is 3.59. The van der Waals surface area contributed by atoms with Gasteiger partial charge in [-0.1, -0.05) is 6.08 Å². The number of hydrogen-bond donors (Lipinski definition) is 2. The number of amides is 2. The van der Waals surface area contributed by atoms with E-state index in [4.69, 9.17) is 0 Å². The average molecular weight is 327 g/mol. The summed E-state index contributed by atoms with van der Waals surface area (Å²) in [6, 6.07) is 4.36. The van der Waals surface area contributed by atoms with Crippen molar-refractivity contribution in [2.75, 3.05) is 13.1 Å². The maximum absolute atomic E-state index is 13.3. The summed E-state index contributed by atoms with van der Waals surface area (Å²) in [7, 11) is 0. The van der Waals surface area contributed by atoms with Gasteiger partial charge in [0, 0.05) is 42.2 Å². The number of nitrogens with zero attached hydrogens (tertiary/aromatic N) is 1. The van der Waals surface area contributed by atoms with Crippen molar-refractivity contribution in [2.45, 2.75) is 25.3 Å². The molecule has 2 aromatic rings. The fourth-order valence-electron chi connectivity index (χ4n) is 3.50. The van der Waals surface area contributed by atoms with Gasteiger partial charge in [0.15, 0.2) is 0 Å². The normalized spacial score (nSPS) is 21.0. The summed E-state index contributed by atoms with van der Waals surface area (Å²) in [5.74, 6) is -0.311. The second kappa shape index (κ2) is 5.78. The molecule has 0 saturated carbocycles. The van der Waals surface area contributed by atoms with E-state index in [1.54, 1.807) is 11.0 Å². The Morgan fingerprint density at radius 1 is 1.29 bits per heavy atom. The van der Waals surface area contributed by atoms with Crippen LogP contribution in [0.5, 0.6) is 0 Å². The van der Waals surface area contributed by atoms with Gasteiger partial charge in [-0.3, -0.25) is 9.59 Å². The van der Waals surface area contributed by atoms with Gasteiger partial charge in [0.05, 0.1) is 0 Å². The first-order valence-corrected chi connectivity index (χ1v) is 8.16. The van der Waals surface area contributed by atoms with E-state index in [9.17, 15) is 14.0 Å². The van der Waals surface area contributed by atoms with Gasteiger partial charge in [-0.05, 0) is 36.6 Å². The van der Waals surface area contributed by atoms with Crippen LogP contribution in [0.2, 0.25) is 0 Å². The molecule has 1 aromatic heterocycles. The Labute approximate surface area is 138 Å². The van der Waals surface area contributed by atoms with Crippen LogP contribution in [0.25, 0.3) is 16.5 Å². The number of hydrogen-bond acceptors (Lipinski definition) is 2. The lowest BCUT2D eigenvalue weighted by Crippen LogP contribution is -2.45. The second-order valence-corrected chi connectivity index (χ2v) is 6.31. The van der Waals surface area contributed by atoms with Gasteiger partial charge in [-0.2, -0.15) is 0 Å². The van der Waals surface area contributed by atoms with Crippen molar-refractivity contribution < 1.29 is 14.0 Å². The molecule has 2 aliphatic heterocycles. The van der Waals surface area contributed by atoms with E-state index >= 15 is 0 Å². The van der Waals surface area contributed by atoms with Crippen molar-refractivity contribution in [3.63, 3.8) is 0 Å². The van der Waals surface area contributed by atoms with Crippen LogP contribution in [-0.2, 0) is 9.59 Å². The number of H-pyrrole nitrogens is 1. The Hall–Kier alpha value is -2.63. The van der Waals surface area contributed by atoms with E-state index < -0.39 is 0 Å². The molecule has 5 nitrogen and oxygen atoms in total. The summed E-state index contributed by atoms with van der Waals surface area (Å²) in [4.78, 5) is 28.6. The van der Waals surface area contributed by atoms with Crippen LogP contribution in [0, 0.1) is 5.82 Å². The van der Waals surface area contributed by atoms with Crippen molar-refractivity contribution in [1.82, 2.24) is 15.2 Å². The van der Waals surface area contributed by atoms with E-state index in [-0.39, 0.29) is 23.7 Å². The molecule has 1 fully saturated rings. The molecule has 6 heteroatoms. The summed E-state index contributed by atoms with van der Waals surface area (Å²) >= 11 is 0. The molecule has 2 aliphatic rings. The molecule has 124 valence electrons. The van der Waals surface area contributed by atoms with Gasteiger partial charge in [-0.25, -0.2) is 4.39 Å². The number of carbonyl (C=O) groups is 2. The van der Waals surface area contributed by atoms with Crippen LogP contribution in [0.4, 0.5) is 4.39 Å². The highest BCUT2D eigenvalue weighted by molar-refractivity contribution is 5.94. The fourth-order valence-corrected chi connectivity index (χ4v) is 3.50. The topological polar surface area (TPSA) is 65.2 Å². The first-order chi connectivity index (χ1) is 11.6. The summed E-state index contributed by atoms with van der Waals surface area (Å²) in [5, 5.41) is 3.72. The zero-order valence-corrected chi connectivity index (χ0v) is 13.1. The zero-order chi connectivity index (χ0) is 16.7. The van der Waals surface area contributed by atoms with E-state index in [2.05, 4.69) is 10.3 Å². The van der Waals surface area contributed by atoms with E-state index in [1.807, 2.05) is 12.3 Å². The number of nitrogens with one attached hydrogen (secondary N) is 2. The standard InChI is InChI=1S/C18H18FN3O2/c19-12-1-2-13-14(10-20-16(13)9-12)11-5-7-22(8-6-11)18(24)15-3-4-17(23)21-15/h1-2,5,9-10,15,20H,3-4,6-8H2,(H,21,23). The Morgan fingerprint density at radius 3 is 2.88 bits per heavy atom. The predicted octanol–water partition coefficient (Wildman–Crippen LogP) is 2.20. The van der Waals surface area contributed by atoms with Gasteiger partial charge in [-0.15, -0.1) is 0 Å². The van der Waals surface area contributed by atoms with Crippen LogP contribution in [0.15, 0.2) is 30.5 Å². The third-order valence-corrected chi connectivity index (χ3v) is 4.80. The number of halogens is 1. The van der Waals surface area contributed by atoms with Crippen LogP contribution >= 0.6 is 0 Å². The van der Waals surface area contributed by atoms with E-state index in [0.717, 1.165) is 28.5 Å². The number of carbonyl (C=O) groups excluding carboxylic acids is 2. The van der Waals surface area contributed by atoms with Gasteiger partial charge < -0.3 is 15.2 Å². The molecule has 0 aliphatic carbocycles. The SMILES string of the molecule is O=C1CCC(C(=O)N2CC=C(c3c[nH]c4cc(F)ccc34)CC2)N1. The fraction of sp³-hybridized carbons (Fsp3) is 0.333. The molecule has 1 atom stereocenters. The molecular weight excluding hydrogens is 309 g/mol. The highest BCUT2D eigenvalue weighted by Gasteiger charge is 2.31. The lowest BCUT2D eigenvalue weighted by atomic mass is 9.98. The van der Waals surface area contributed by atoms with Crippen molar-refractivity contribution in [3.8, 4) is 0 Å². The lowest BCUT2D eigenvalue weighted by molar-refractivity contribution is -0.134. The van der Waals surface area contributed by atoms with Crippen LogP contribution in [-0.4, -0.2) is 40.8 Å². The second-order valence-electron chi connectivity index (χ2n) is 6.31. The molecule has 1 unspecified atom stereocenters. The van der Waals surface area contributed by atoms with Crippen molar-refractivity contribution in [1.29, 1.82) is 0 Å². The molecule has 0 spiro atoms. The number of aromatic nitrogens is 1. The lowest BCUT2D eigenvalue weighted by Gasteiger charge is -2.28. The highest BCUT2D eigenvalue weighted by Crippen LogP contribution is 2.30. The Balaban J connectivity index is 1.51. The Morgan fingerprint density at radius 2 is 2.17 bits per heavy atom. The van der Waals surface area contributed by atoms with Crippen LogP contribution in [0.1, 0.15) is 24.8 Å². The summed E-state index contributed by atoms with van der Waals surface area (Å²) in [5.41, 5.74) is 3.00. The van der Waals surface area contributed by atoms with Crippen molar-refractivity contribution in [2.24, 2.45) is 0 Å². The molecule has 2 N–H and O–H groups in total. The molecule has 4 rings (SSSR count). The molecule has 1 saturated heterocycles. The highest BCUT2D eigenvalue weighted by atomic mass is 19.1. The molecule has 0 radical (unpaired) electrons. The maximum Gasteiger partial charge on any atom is 0.245 e. The summed E-state index contributed by atoms with van der Waals surface area (Å²) < 4.78 is 13.3. The van der Waals surface area contributed by atoms with E-state index in [0.29, 0.717) is 25.9 Å². The van der Waals surface area contributed by atoms with Crippen molar-refractivity contribution in [3.05, 3.63) is 41.9 Å². The van der Waals surface area contributed by atoms with Crippen LogP contribution < -0.4 is 5.32 Å². The third kappa shape index (κ3) is 2.58. The molecule has 0 bridgehead atoms. The van der Waals surface area contributed by atoms with Gasteiger partial charge in [0.2, 0.25) is 11.8 Å². The zero-order valence-electron chi connectivity index (χ0n) is 13.1. The average Bonchev–Trinajstić information content (AvgIpc) is 3.20. The number of benzene rings is 1. The minimum atomic E-state index is -0.372. The first-order valence-electron chi connectivity index (χ1n) is 8.16. The largest absolute Gasteiger partial charge is 0.360 e. The van der Waals surface area contributed by atoms with Gasteiger partial charge in [0.25, 0.3) is 0 Å². The number of rotatable bonds is 2. The molecule has 24 heavy (non-hydrogen) atoms. The molecular formula is C18H18FN3O2. The monoisotopic (exact) mass is 327 g/mol. The number of aromatic amines is 1.